The van der Waals surface area contributed by atoms with E-state index >= 15 is 0 Å². The number of carbonyl (C=O) groups is 1. The number of nitro benzene ring substituents is 1. The Morgan fingerprint density at radius 3 is 2.65 bits per heavy atom. The number of hydrogen-bond donors (Lipinski definition) is 2. The van der Waals surface area contributed by atoms with Crippen molar-refractivity contribution in [3.63, 3.8) is 0 Å². The summed E-state index contributed by atoms with van der Waals surface area (Å²) >= 11 is 0. The number of nitrogens with one attached hydrogen (secondary N) is 2. The maximum Gasteiger partial charge on any atom is 0.271 e. The SMILES string of the molecule is COc1ccccc1N[C@@H](C)C(=O)Nc1cccc([N+](=O)[O-])c1. The zero-order valence-electron chi connectivity index (χ0n) is 12.8. The minimum absolute atomic E-state index is 0.0758. The lowest BCUT2D eigenvalue weighted by atomic mass is 10.2. The molecule has 0 fully saturated rings. The molecule has 2 aromatic carbocycles. The van der Waals surface area contributed by atoms with Gasteiger partial charge >= 0.3 is 0 Å². The topological polar surface area (TPSA) is 93.5 Å². The van der Waals surface area contributed by atoms with Gasteiger partial charge in [-0.05, 0) is 25.1 Å². The Bertz CT molecular complexity index is 718. The van der Waals surface area contributed by atoms with Crippen molar-refractivity contribution < 1.29 is 14.5 Å². The summed E-state index contributed by atoms with van der Waals surface area (Å²) in [6.45, 7) is 1.69. The lowest BCUT2D eigenvalue weighted by Crippen LogP contribution is -2.32. The molecular formula is C16H17N3O4. The van der Waals surface area contributed by atoms with Crippen LogP contribution in [0.5, 0.6) is 5.75 Å². The number of amides is 1. The van der Waals surface area contributed by atoms with Crippen LogP contribution in [0.4, 0.5) is 17.1 Å². The highest BCUT2D eigenvalue weighted by molar-refractivity contribution is 5.96. The Morgan fingerprint density at radius 1 is 1.22 bits per heavy atom. The van der Waals surface area contributed by atoms with Crippen molar-refractivity contribution in [2.75, 3.05) is 17.7 Å². The fourth-order valence-electron chi connectivity index (χ4n) is 2.01. The molecule has 120 valence electrons. The Morgan fingerprint density at radius 2 is 1.96 bits per heavy atom. The van der Waals surface area contributed by atoms with Crippen LogP contribution in [0.1, 0.15) is 6.92 Å². The van der Waals surface area contributed by atoms with E-state index in [0.29, 0.717) is 17.1 Å². The second-order valence-corrected chi connectivity index (χ2v) is 4.86. The lowest BCUT2D eigenvalue weighted by Gasteiger charge is -2.17. The van der Waals surface area contributed by atoms with Crippen molar-refractivity contribution in [3.8, 4) is 5.75 Å². The van der Waals surface area contributed by atoms with Crippen molar-refractivity contribution in [2.45, 2.75) is 13.0 Å². The van der Waals surface area contributed by atoms with Gasteiger partial charge < -0.3 is 15.4 Å². The van der Waals surface area contributed by atoms with Gasteiger partial charge in [0.15, 0.2) is 0 Å². The third-order valence-electron chi connectivity index (χ3n) is 3.20. The number of methoxy groups -OCH3 is 1. The second kappa shape index (κ2) is 7.26. The van der Waals surface area contributed by atoms with Gasteiger partial charge in [0.05, 0.1) is 17.7 Å². The van der Waals surface area contributed by atoms with Crippen LogP contribution < -0.4 is 15.4 Å². The number of nitro groups is 1. The molecule has 0 heterocycles. The first kappa shape index (κ1) is 16.3. The van der Waals surface area contributed by atoms with Crippen LogP contribution in [-0.2, 0) is 4.79 Å². The number of anilines is 2. The third kappa shape index (κ3) is 4.19. The molecule has 0 saturated carbocycles. The molecule has 7 heteroatoms. The Hall–Kier alpha value is -3.09. The zero-order valence-corrected chi connectivity index (χ0v) is 12.8. The number of para-hydroxylation sites is 2. The maximum atomic E-state index is 12.2. The smallest absolute Gasteiger partial charge is 0.271 e. The zero-order chi connectivity index (χ0) is 16.8. The summed E-state index contributed by atoms with van der Waals surface area (Å²) in [5, 5.41) is 16.4. The molecule has 23 heavy (non-hydrogen) atoms. The Balaban J connectivity index is 2.05. The van der Waals surface area contributed by atoms with Crippen molar-refractivity contribution in [3.05, 3.63) is 58.6 Å². The number of carbonyl (C=O) groups excluding carboxylic acids is 1. The first-order valence-electron chi connectivity index (χ1n) is 6.96. The summed E-state index contributed by atoms with van der Waals surface area (Å²) in [6.07, 6.45) is 0. The number of benzene rings is 2. The normalized spacial score (nSPS) is 11.4. The van der Waals surface area contributed by atoms with Crippen molar-refractivity contribution >= 4 is 23.0 Å². The van der Waals surface area contributed by atoms with Crippen LogP contribution in [0.2, 0.25) is 0 Å². The number of ether oxygens (including phenoxy) is 1. The summed E-state index contributed by atoms with van der Waals surface area (Å²) in [5.41, 5.74) is 0.989. The van der Waals surface area contributed by atoms with Crippen LogP contribution in [0.3, 0.4) is 0 Å². The molecule has 7 nitrogen and oxygen atoms in total. The molecule has 1 amide bonds. The lowest BCUT2D eigenvalue weighted by molar-refractivity contribution is -0.384. The van der Waals surface area contributed by atoms with Gasteiger partial charge in [0.25, 0.3) is 5.69 Å². The monoisotopic (exact) mass is 315 g/mol. The highest BCUT2D eigenvalue weighted by Crippen LogP contribution is 2.24. The summed E-state index contributed by atoms with van der Waals surface area (Å²) in [5.74, 6) is 0.318. The van der Waals surface area contributed by atoms with E-state index in [1.807, 2.05) is 12.1 Å². The molecule has 2 rings (SSSR count). The first-order chi connectivity index (χ1) is 11.0. The van der Waals surface area contributed by atoms with E-state index in [-0.39, 0.29) is 11.6 Å². The highest BCUT2D eigenvalue weighted by Gasteiger charge is 2.15. The molecule has 0 aliphatic rings. The van der Waals surface area contributed by atoms with E-state index in [0.717, 1.165) is 0 Å². The molecule has 0 bridgehead atoms. The molecule has 1 atom stereocenters. The van der Waals surface area contributed by atoms with Gasteiger partial charge in [-0.25, -0.2) is 0 Å². The average Bonchev–Trinajstić information content (AvgIpc) is 2.55. The molecule has 0 aliphatic heterocycles. The molecule has 0 radical (unpaired) electrons. The van der Waals surface area contributed by atoms with Gasteiger partial charge in [0.2, 0.25) is 5.91 Å². The van der Waals surface area contributed by atoms with Crippen LogP contribution in [0.15, 0.2) is 48.5 Å². The van der Waals surface area contributed by atoms with E-state index in [2.05, 4.69) is 10.6 Å². The number of nitrogens with zero attached hydrogens (tertiary/aromatic N) is 1. The third-order valence-corrected chi connectivity index (χ3v) is 3.20. The van der Waals surface area contributed by atoms with E-state index in [4.69, 9.17) is 4.74 Å². The predicted molar refractivity (Wildman–Crippen MR) is 87.8 cm³/mol. The summed E-state index contributed by atoms with van der Waals surface area (Å²) in [4.78, 5) is 22.5. The number of hydrogen-bond acceptors (Lipinski definition) is 5. The number of non-ortho nitro benzene ring substituents is 1. The molecule has 0 saturated heterocycles. The average molecular weight is 315 g/mol. The van der Waals surface area contributed by atoms with E-state index in [1.165, 1.54) is 18.2 Å². The summed E-state index contributed by atoms with van der Waals surface area (Å²) in [6, 6.07) is 12.5. The fourth-order valence-corrected chi connectivity index (χ4v) is 2.01. The van der Waals surface area contributed by atoms with Gasteiger partial charge in [0.1, 0.15) is 11.8 Å². The minimum Gasteiger partial charge on any atom is -0.495 e. The quantitative estimate of drug-likeness (QED) is 0.631. The summed E-state index contributed by atoms with van der Waals surface area (Å²) < 4.78 is 5.22. The van der Waals surface area contributed by atoms with Crippen LogP contribution in [0, 0.1) is 10.1 Å². The van der Waals surface area contributed by atoms with Crippen molar-refractivity contribution in [1.29, 1.82) is 0 Å². The Kier molecular flexibility index (Phi) is 5.14. The summed E-state index contributed by atoms with van der Waals surface area (Å²) in [7, 11) is 1.55. The molecule has 0 aromatic heterocycles. The second-order valence-electron chi connectivity index (χ2n) is 4.86. The molecular weight excluding hydrogens is 298 g/mol. The molecule has 0 unspecified atom stereocenters. The largest absolute Gasteiger partial charge is 0.495 e. The first-order valence-corrected chi connectivity index (χ1v) is 6.96. The van der Waals surface area contributed by atoms with Gasteiger partial charge in [-0.1, -0.05) is 18.2 Å². The van der Waals surface area contributed by atoms with Crippen LogP contribution in [0.25, 0.3) is 0 Å². The standard InChI is InChI=1S/C16H17N3O4/c1-11(17-14-8-3-4-9-15(14)23-2)16(20)18-12-6-5-7-13(10-12)19(21)22/h3-11,17H,1-2H3,(H,18,20)/t11-/m0/s1. The van der Waals surface area contributed by atoms with E-state index < -0.39 is 11.0 Å². The molecule has 0 spiro atoms. The minimum atomic E-state index is -0.550. The molecule has 2 aromatic rings. The number of rotatable bonds is 6. The van der Waals surface area contributed by atoms with Crippen LogP contribution in [-0.4, -0.2) is 24.0 Å². The fraction of sp³-hybridized carbons (Fsp3) is 0.188. The van der Waals surface area contributed by atoms with Gasteiger partial charge in [-0.2, -0.15) is 0 Å². The van der Waals surface area contributed by atoms with Crippen LogP contribution >= 0.6 is 0 Å². The van der Waals surface area contributed by atoms with Gasteiger partial charge in [0, 0.05) is 17.8 Å². The molecule has 0 aliphatic carbocycles. The predicted octanol–water partition coefficient (Wildman–Crippen LogP) is 3.04. The van der Waals surface area contributed by atoms with E-state index in [1.54, 1.807) is 32.2 Å². The Labute approximate surface area is 133 Å². The van der Waals surface area contributed by atoms with E-state index in [9.17, 15) is 14.9 Å². The maximum absolute atomic E-state index is 12.2. The van der Waals surface area contributed by atoms with Crippen molar-refractivity contribution in [1.82, 2.24) is 0 Å². The highest BCUT2D eigenvalue weighted by atomic mass is 16.6. The van der Waals surface area contributed by atoms with Crippen molar-refractivity contribution in [2.24, 2.45) is 0 Å². The van der Waals surface area contributed by atoms with Gasteiger partial charge in [-0.3, -0.25) is 14.9 Å². The molecule has 2 N–H and O–H groups in total. The van der Waals surface area contributed by atoms with Gasteiger partial charge in [-0.15, -0.1) is 0 Å².